The Morgan fingerprint density at radius 3 is 2.04 bits per heavy atom. The van der Waals surface area contributed by atoms with E-state index in [1.54, 1.807) is 0 Å². The van der Waals surface area contributed by atoms with E-state index in [-0.39, 0.29) is 0 Å². The van der Waals surface area contributed by atoms with E-state index in [0.29, 0.717) is 0 Å². The van der Waals surface area contributed by atoms with Crippen LogP contribution in [0.15, 0.2) is 0 Å². The molecule has 0 aromatic heterocycles. The first kappa shape index (κ1) is 18.4. The molecule has 2 heterocycles. The number of rotatable bonds is 3. The Morgan fingerprint density at radius 2 is 1.48 bits per heavy atom. The molecule has 0 saturated carbocycles. The van der Waals surface area contributed by atoms with E-state index in [0.717, 1.165) is 0 Å². The Morgan fingerprint density at radius 1 is 0.870 bits per heavy atom. The number of aliphatic hydroxyl groups excluding tert-OH is 6. The molecule has 0 bridgehead atoms. The molecular formula is C12H20O11. The van der Waals surface area contributed by atoms with Crippen LogP contribution >= 0.6 is 0 Å². The van der Waals surface area contributed by atoms with Gasteiger partial charge in [-0.2, -0.15) is 0 Å². The molecule has 0 aliphatic carbocycles. The van der Waals surface area contributed by atoms with Crippen LogP contribution in [0.4, 0.5) is 0 Å². The fraction of sp³-hybridized carbons (Fsp3) is 0.917. The molecule has 0 aromatic rings. The SMILES string of the molecule is C[C@@H]1O[C@@H](O)[C@@H](O)[C@H](O[C@H]2O[C@H](C(=O)O)[C@@H](O)[C@H](O)[C@H]2O)[C@@H]1O. The van der Waals surface area contributed by atoms with Gasteiger partial charge in [-0.1, -0.05) is 0 Å². The summed E-state index contributed by atoms with van der Waals surface area (Å²) < 4.78 is 14.9. The fourth-order valence-electron chi connectivity index (χ4n) is 2.49. The fourth-order valence-corrected chi connectivity index (χ4v) is 2.49. The molecule has 2 rings (SSSR count). The smallest absolute Gasteiger partial charge is 0.335 e. The van der Waals surface area contributed by atoms with Crippen LogP contribution in [0.1, 0.15) is 6.92 Å². The van der Waals surface area contributed by atoms with Crippen molar-refractivity contribution in [1.82, 2.24) is 0 Å². The number of carboxylic acid groups (broad SMARTS) is 1. The maximum Gasteiger partial charge on any atom is 0.335 e. The zero-order chi connectivity index (χ0) is 17.5. The molecule has 2 saturated heterocycles. The van der Waals surface area contributed by atoms with Crippen molar-refractivity contribution in [3.63, 3.8) is 0 Å². The van der Waals surface area contributed by atoms with Gasteiger partial charge in [-0.05, 0) is 6.92 Å². The molecule has 7 N–H and O–H groups in total. The number of aliphatic carboxylic acids is 1. The van der Waals surface area contributed by atoms with E-state index in [9.17, 15) is 35.4 Å². The maximum absolute atomic E-state index is 11.0. The van der Waals surface area contributed by atoms with Gasteiger partial charge >= 0.3 is 5.97 Å². The number of hydrogen-bond acceptors (Lipinski definition) is 10. The van der Waals surface area contributed by atoms with Gasteiger partial charge in [0, 0.05) is 0 Å². The molecular weight excluding hydrogens is 320 g/mol. The summed E-state index contributed by atoms with van der Waals surface area (Å²) in [6, 6.07) is 0. The Hall–Kier alpha value is -0.890. The standard InChI is InChI=1S/C12H20O11/c1-2-3(13)8(7(17)11(20)21-2)22-12-6(16)4(14)5(15)9(23-12)10(18)19/h2-9,11-17,20H,1H3,(H,18,19)/t2-,3+,4-,5-,6+,7-,8+,9-,11+,12-/m0/s1. The molecule has 0 amide bonds. The van der Waals surface area contributed by atoms with Gasteiger partial charge in [0.25, 0.3) is 0 Å². The predicted octanol–water partition coefficient (Wildman–Crippen LogP) is -4.28. The number of hydrogen-bond donors (Lipinski definition) is 7. The van der Waals surface area contributed by atoms with Gasteiger partial charge in [-0.15, -0.1) is 0 Å². The van der Waals surface area contributed by atoms with Crippen molar-refractivity contribution in [2.24, 2.45) is 0 Å². The number of carboxylic acids is 1. The number of carbonyl (C=O) groups is 1. The molecule has 11 nitrogen and oxygen atoms in total. The van der Waals surface area contributed by atoms with E-state index in [2.05, 4.69) is 0 Å². The first-order chi connectivity index (χ1) is 10.6. The van der Waals surface area contributed by atoms with Crippen molar-refractivity contribution in [3.05, 3.63) is 0 Å². The van der Waals surface area contributed by atoms with Crippen molar-refractivity contribution in [3.8, 4) is 0 Å². The van der Waals surface area contributed by atoms with E-state index in [4.69, 9.17) is 19.3 Å². The first-order valence-corrected chi connectivity index (χ1v) is 6.92. The number of aliphatic hydroxyl groups is 6. The van der Waals surface area contributed by atoms with Crippen molar-refractivity contribution >= 4 is 5.97 Å². The largest absolute Gasteiger partial charge is 0.479 e. The average molecular weight is 340 g/mol. The summed E-state index contributed by atoms with van der Waals surface area (Å²) in [5.41, 5.74) is 0. The highest BCUT2D eigenvalue weighted by atomic mass is 16.7. The van der Waals surface area contributed by atoms with Crippen LogP contribution in [0.2, 0.25) is 0 Å². The van der Waals surface area contributed by atoms with Crippen LogP contribution in [-0.4, -0.2) is 103 Å². The highest BCUT2D eigenvalue weighted by molar-refractivity contribution is 5.73. The van der Waals surface area contributed by atoms with Gasteiger partial charge in [-0.3, -0.25) is 0 Å². The Kier molecular flexibility index (Phi) is 5.56. The second kappa shape index (κ2) is 6.93. The molecule has 23 heavy (non-hydrogen) atoms. The first-order valence-electron chi connectivity index (χ1n) is 6.92. The van der Waals surface area contributed by atoms with Crippen LogP contribution in [0.3, 0.4) is 0 Å². The van der Waals surface area contributed by atoms with Gasteiger partial charge in [0.1, 0.15) is 36.6 Å². The minimum absolute atomic E-state index is 0.926. The average Bonchev–Trinajstić information content (AvgIpc) is 2.49. The minimum Gasteiger partial charge on any atom is -0.479 e. The molecule has 2 aliphatic rings. The van der Waals surface area contributed by atoms with Crippen molar-refractivity contribution in [2.75, 3.05) is 0 Å². The van der Waals surface area contributed by atoms with Crippen LogP contribution in [0.5, 0.6) is 0 Å². The van der Waals surface area contributed by atoms with Gasteiger partial charge in [0.15, 0.2) is 18.7 Å². The summed E-state index contributed by atoms with van der Waals surface area (Å²) in [6.07, 6.45) is -16.5. The lowest BCUT2D eigenvalue weighted by Crippen LogP contribution is -2.64. The maximum atomic E-state index is 11.0. The Balaban J connectivity index is 2.15. The summed E-state index contributed by atoms with van der Waals surface area (Å²) in [6.45, 7) is 1.40. The zero-order valence-corrected chi connectivity index (χ0v) is 12.0. The van der Waals surface area contributed by atoms with E-state index in [1.807, 2.05) is 0 Å². The van der Waals surface area contributed by atoms with Crippen LogP contribution in [0.25, 0.3) is 0 Å². The van der Waals surface area contributed by atoms with Crippen LogP contribution < -0.4 is 0 Å². The summed E-state index contributed by atoms with van der Waals surface area (Å²) in [7, 11) is 0. The third-order valence-corrected chi connectivity index (χ3v) is 3.90. The third-order valence-electron chi connectivity index (χ3n) is 3.90. The summed E-state index contributed by atoms with van der Waals surface area (Å²) in [4.78, 5) is 11.0. The van der Waals surface area contributed by atoms with E-state index in [1.165, 1.54) is 6.92 Å². The van der Waals surface area contributed by atoms with Crippen LogP contribution in [0, 0.1) is 0 Å². The van der Waals surface area contributed by atoms with E-state index >= 15 is 0 Å². The second-order valence-corrected chi connectivity index (χ2v) is 5.55. The van der Waals surface area contributed by atoms with Crippen molar-refractivity contribution in [2.45, 2.75) is 68.3 Å². The van der Waals surface area contributed by atoms with Gasteiger partial charge < -0.3 is 50.0 Å². The predicted molar refractivity (Wildman–Crippen MR) is 67.8 cm³/mol. The monoisotopic (exact) mass is 340 g/mol. The van der Waals surface area contributed by atoms with Crippen molar-refractivity contribution in [1.29, 1.82) is 0 Å². The molecule has 0 spiro atoms. The lowest BCUT2D eigenvalue weighted by molar-refractivity contribution is -0.348. The summed E-state index contributed by atoms with van der Waals surface area (Å²) in [5, 5.41) is 67.3. The zero-order valence-electron chi connectivity index (χ0n) is 12.0. The highest BCUT2D eigenvalue weighted by Gasteiger charge is 2.51. The lowest BCUT2D eigenvalue weighted by Gasteiger charge is -2.44. The van der Waals surface area contributed by atoms with Crippen LogP contribution in [-0.2, 0) is 19.0 Å². The Bertz CT molecular complexity index is 417. The molecule has 0 unspecified atom stereocenters. The third kappa shape index (κ3) is 3.47. The molecule has 2 fully saturated rings. The Labute approximate surface area is 130 Å². The van der Waals surface area contributed by atoms with Gasteiger partial charge in [-0.25, -0.2) is 4.79 Å². The topological polar surface area (TPSA) is 186 Å². The highest BCUT2D eigenvalue weighted by Crippen LogP contribution is 2.28. The van der Waals surface area contributed by atoms with Crippen molar-refractivity contribution < 1.29 is 54.8 Å². The van der Waals surface area contributed by atoms with Gasteiger partial charge in [0.2, 0.25) is 0 Å². The molecule has 10 atom stereocenters. The molecule has 11 heteroatoms. The molecule has 0 aromatic carbocycles. The quantitative estimate of drug-likeness (QED) is 0.263. The minimum atomic E-state index is -1.89. The van der Waals surface area contributed by atoms with E-state index < -0.39 is 67.4 Å². The molecule has 0 radical (unpaired) electrons. The number of ether oxygens (including phenoxy) is 3. The van der Waals surface area contributed by atoms with Gasteiger partial charge in [0.05, 0.1) is 6.10 Å². The normalized spacial score (nSPS) is 51.4. The lowest BCUT2D eigenvalue weighted by atomic mass is 9.97. The summed E-state index contributed by atoms with van der Waals surface area (Å²) in [5.74, 6) is -1.60. The summed E-state index contributed by atoms with van der Waals surface area (Å²) >= 11 is 0. The molecule has 134 valence electrons. The second-order valence-electron chi connectivity index (χ2n) is 5.55. The molecule has 2 aliphatic heterocycles.